The maximum atomic E-state index is 12.9. The highest BCUT2D eigenvalue weighted by Crippen LogP contribution is 2.28. The van der Waals surface area contributed by atoms with E-state index in [9.17, 15) is 14.9 Å². The van der Waals surface area contributed by atoms with Crippen molar-refractivity contribution < 1.29 is 9.72 Å². The molecule has 0 aromatic heterocycles. The number of nitrogens with zero attached hydrogens (tertiary/aromatic N) is 5. The summed E-state index contributed by atoms with van der Waals surface area (Å²) in [6.45, 7) is 6.11. The molecule has 1 heterocycles. The van der Waals surface area contributed by atoms with Crippen LogP contribution < -0.4 is 4.90 Å². The van der Waals surface area contributed by atoms with Crippen LogP contribution in [0, 0.1) is 21.4 Å². The molecule has 3 rings (SSSR count). The third-order valence-corrected chi connectivity index (χ3v) is 5.44. The van der Waals surface area contributed by atoms with Gasteiger partial charge in [0.05, 0.1) is 23.1 Å². The zero-order chi connectivity index (χ0) is 22.2. The second-order valence-corrected chi connectivity index (χ2v) is 7.63. The number of nitro groups is 1. The van der Waals surface area contributed by atoms with Gasteiger partial charge in [-0.2, -0.15) is 5.26 Å². The number of rotatable bonds is 8. The SMILES string of the molecule is CCCN(CC(=O)N1CCN(c2ccccc2[N+](=O)[O-])CC1)Cc1ccc(C#N)cc1. The summed E-state index contributed by atoms with van der Waals surface area (Å²) in [5, 5.41) is 20.2. The molecule has 1 aliphatic rings. The van der Waals surface area contributed by atoms with Gasteiger partial charge in [0.25, 0.3) is 5.69 Å². The van der Waals surface area contributed by atoms with Crippen LogP contribution in [0.1, 0.15) is 24.5 Å². The fourth-order valence-electron chi connectivity index (χ4n) is 3.85. The zero-order valence-electron chi connectivity index (χ0n) is 17.7. The Labute approximate surface area is 182 Å². The summed E-state index contributed by atoms with van der Waals surface area (Å²) in [5.74, 6) is 0.0734. The molecule has 0 N–H and O–H groups in total. The van der Waals surface area contributed by atoms with E-state index in [1.807, 2.05) is 21.9 Å². The van der Waals surface area contributed by atoms with Crippen molar-refractivity contribution in [2.24, 2.45) is 0 Å². The predicted octanol–water partition coefficient (Wildman–Crippen LogP) is 3.03. The minimum atomic E-state index is -0.362. The van der Waals surface area contributed by atoms with Gasteiger partial charge < -0.3 is 9.80 Å². The van der Waals surface area contributed by atoms with Crippen LogP contribution in [0.15, 0.2) is 48.5 Å². The summed E-state index contributed by atoms with van der Waals surface area (Å²) in [4.78, 5) is 29.8. The molecule has 0 atom stereocenters. The van der Waals surface area contributed by atoms with Gasteiger partial charge in [-0.15, -0.1) is 0 Å². The van der Waals surface area contributed by atoms with Crippen molar-refractivity contribution in [2.75, 3.05) is 44.2 Å². The van der Waals surface area contributed by atoms with E-state index in [4.69, 9.17) is 5.26 Å². The summed E-state index contributed by atoms with van der Waals surface area (Å²) in [6, 6.07) is 16.3. The van der Waals surface area contributed by atoms with E-state index in [1.165, 1.54) is 6.07 Å². The van der Waals surface area contributed by atoms with E-state index < -0.39 is 0 Å². The first-order valence-electron chi connectivity index (χ1n) is 10.5. The molecule has 1 aliphatic heterocycles. The van der Waals surface area contributed by atoms with Crippen LogP contribution in [-0.4, -0.2) is 59.9 Å². The second kappa shape index (κ2) is 10.5. The first-order chi connectivity index (χ1) is 15.0. The molecular formula is C23H27N5O3. The van der Waals surface area contributed by atoms with Crippen LogP contribution in [0.2, 0.25) is 0 Å². The number of piperazine rings is 1. The average Bonchev–Trinajstić information content (AvgIpc) is 2.79. The number of para-hydroxylation sites is 2. The Morgan fingerprint density at radius 2 is 1.81 bits per heavy atom. The molecule has 1 amide bonds. The third-order valence-electron chi connectivity index (χ3n) is 5.44. The fourth-order valence-corrected chi connectivity index (χ4v) is 3.85. The Morgan fingerprint density at radius 1 is 1.13 bits per heavy atom. The van der Waals surface area contributed by atoms with Gasteiger partial charge in [0.2, 0.25) is 5.91 Å². The van der Waals surface area contributed by atoms with Crippen molar-refractivity contribution in [1.82, 2.24) is 9.80 Å². The number of hydrogen-bond acceptors (Lipinski definition) is 6. The Kier molecular flexibility index (Phi) is 7.57. The second-order valence-electron chi connectivity index (χ2n) is 7.63. The smallest absolute Gasteiger partial charge is 0.292 e. The van der Waals surface area contributed by atoms with Gasteiger partial charge >= 0.3 is 0 Å². The van der Waals surface area contributed by atoms with Crippen molar-refractivity contribution in [3.63, 3.8) is 0 Å². The maximum Gasteiger partial charge on any atom is 0.292 e. The lowest BCUT2D eigenvalue weighted by atomic mass is 10.1. The monoisotopic (exact) mass is 421 g/mol. The fraction of sp³-hybridized carbons (Fsp3) is 0.391. The van der Waals surface area contributed by atoms with Gasteiger partial charge in [-0.05, 0) is 36.7 Å². The Morgan fingerprint density at radius 3 is 2.42 bits per heavy atom. The zero-order valence-corrected chi connectivity index (χ0v) is 17.7. The normalized spacial score (nSPS) is 13.8. The average molecular weight is 422 g/mol. The van der Waals surface area contributed by atoms with Crippen molar-refractivity contribution in [3.05, 3.63) is 69.8 Å². The van der Waals surface area contributed by atoms with Crippen LogP contribution in [0.3, 0.4) is 0 Å². The van der Waals surface area contributed by atoms with Gasteiger partial charge in [-0.3, -0.25) is 19.8 Å². The summed E-state index contributed by atoms with van der Waals surface area (Å²) in [7, 11) is 0. The number of nitro benzene ring substituents is 1. The molecule has 8 nitrogen and oxygen atoms in total. The van der Waals surface area contributed by atoms with Gasteiger partial charge in [-0.1, -0.05) is 31.2 Å². The number of carbonyl (C=O) groups is 1. The van der Waals surface area contributed by atoms with Gasteiger partial charge in [0.1, 0.15) is 5.69 Å². The Hall–Kier alpha value is -3.44. The van der Waals surface area contributed by atoms with E-state index >= 15 is 0 Å². The minimum absolute atomic E-state index is 0.0734. The number of benzene rings is 2. The van der Waals surface area contributed by atoms with Crippen LogP contribution in [-0.2, 0) is 11.3 Å². The van der Waals surface area contributed by atoms with Crippen molar-refractivity contribution in [1.29, 1.82) is 5.26 Å². The summed E-state index contributed by atoms with van der Waals surface area (Å²) >= 11 is 0. The van der Waals surface area contributed by atoms with E-state index in [1.54, 1.807) is 30.3 Å². The van der Waals surface area contributed by atoms with E-state index in [0.717, 1.165) is 18.5 Å². The van der Waals surface area contributed by atoms with Crippen molar-refractivity contribution >= 4 is 17.3 Å². The molecule has 0 saturated carbocycles. The molecule has 31 heavy (non-hydrogen) atoms. The van der Waals surface area contributed by atoms with Gasteiger partial charge in [-0.25, -0.2) is 0 Å². The molecule has 8 heteroatoms. The molecule has 0 radical (unpaired) electrons. The third kappa shape index (κ3) is 5.80. The Bertz CT molecular complexity index is 946. The molecule has 2 aromatic carbocycles. The molecule has 0 bridgehead atoms. The minimum Gasteiger partial charge on any atom is -0.362 e. The topological polar surface area (TPSA) is 93.7 Å². The number of nitriles is 1. The largest absolute Gasteiger partial charge is 0.362 e. The summed E-state index contributed by atoms with van der Waals surface area (Å²) in [5.41, 5.74) is 2.40. The van der Waals surface area contributed by atoms with Crippen molar-refractivity contribution in [2.45, 2.75) is 19.9 Å². The lowest BCUT2D eigenvalue weighted by molar-refractivity contribution is -0.384. The quantitative estimate of drug-likeness (QED) is 0.480. The number of hydrogen-bond donors (Lipinski definition) is 0. The van der Waals surface area contributed by atoms with Crippen molar-refractivity contribution in [3.8, 4) is 6.07 Å². The van der Waals surface area contributed by atoms with E-state index in [0.29, 0.717) is 50.5 Å². The molecule has 1 fully saturated rings. The van der Waals surface area contributed by atoms with Gasteiger partial charge in [0, 0.05) is 38.8 Å². The first kappa shape index (κ1) is 22.2. The number of amides is 1. The lowest BCUT2D eigenvalue weighted by Gasteiger charge is -2.36. The van der Waals surface area contributed by atoms with E-state index in [2.05, 4.69) is 17.9 Å². The predicted molar refractivity (Wildman–Crippen MR) is 119 cm³/mol. The first-order valence-corrected chi connectivity index (χ1v) is 10.5. The molecule has 0 aliphatic carbocycles. The van der Waals surface area contributed by atoms with Crippen LogP contribution in [0.4, 0.5) is 11.4 Å². The number of anilines is 1. The lowest BCUT2D eigenvalue weighted by Crippen LogP contribution is -2.51. The highest BCUT2D eigenvalue weighted by atomic mass is 16.6. The molecular weight excluding hydrogens is 394 g/mol. The van der Waals surface area contributed by atoms with Crippen LogP contribution >= 0.6 is 0 Å². The van der Waals surface area contributed by atoms with E-state index in [-0.39, 0.29) is 16.5 Å². The number of carbonyl (C=O) groups excluding carboxylic acids is 1. The molecule has 0 unspecified atom stereocenters. The molecule has 162 valence electrons. The standard InChI is InChI=1S/C23H27N5O3/c1-2-11-25(17-20-9-7-19(16-24)8-10-20)18-23(29)27-14-12-26(13-15-27)21-5-3-4-6-22(21)28(30)31/h3-10H,2,11-15,17-18H2,1H3. The van der Waals surface area contributed by atoms with Crippen LogP contribution in [0.5, 0.6) is 0 Å². The maximum absolute atomic E-state index is 12.9. The van der Waals surface area contributed by atoms with Crippen LogP contribution in [0.25, 0.3) is 0 Å². The van der Waals surface area contributed by atoms with Gasteiger partial charge in [0.15, 0.2) is 0 Å². The highest BCUT2D eigenvalue weighted by Gasteiger charge is 2.26. The molecule has 1 saturated heterocycles. The highest BCUT2D eigenvalue weighted by molar-refractivity contribution is 5.78. The summed E-state index contributed by atoms with van der Waals surface area (Å²) < 4.78 is 0. The molecule has 0 spiro atoms. The summed E-state index contributed by atoms with van der Waals surface area (Å²) in [6.07, 6.45) is 0.939. The molecule has 2 aromatic rings. The Balaban J connectivity index is 1.57.